The maximum atomic E-state index is 12.7. The van der Waals surface area contributed by atoms with E-state index < -0.39 is 0 Å². The maximum absolute atomic E-state index is 12.7. The lowest BCUT2D eigenvalue weighted by Gasteiger charge is -2.33. The van der Waals surface area contributed by atoms with Crippen LogP contribution in [0.2, 0.25) is 0 Å². The number of carbonyl (C=O) groups excluding carboxylic acids is 1. The Morgan fingerprint density at radius 3 is 2.84 bits per heavy atom. The Kier molecular flexibility index (Phi) is 4.68. The molecule has 6 heteroatoms. The predicted molar refractivity (Wildman–Crippen MR) is 93.1 cm³/mol. The molecule has 0 bridgehead atoms. The fourth-order valence-electron chi connectivity index (χ4n) is 3.38. The molecular formula is C19H24N4O2. The fraction of sp³-hybridized carbons (Fsp3) is 0.526. The molecule has 132 valence electrons. The number of nitrogens with zero attached hydrogens (tertiary/aromatic N) is 3. The smallest absolute Gasteiger partial charge is 0.318 e. The minimum Gasteiger partial charge on any atom is -0.338 e. The second-order valence-corrected chi connectivity index (χ2v) is 6.94. The molecule has 1 aromatic carbocycles. The molecule has 2 aliphatic rings. The molecular weight excluding hydrogens is 316 g/mol. The van der Waals surface area contributed by atoms with E-state index in [1.807, 2.05) is 23.1 Å². The molecule has 0 spiro atoms. The lowest BCUT2D eigenvalue weighted by atomic mass is 10.0. The lowest BCUT2D eigenvalue weighted by Crippen LogP contribution is -2.45. The second kappa shape index (κ2) is 7.25. The third-order valence-electron chi connectivity index (χ3n) is 4.98. The maximum Gasteiger partial charge on any atom is 0.318 e. The summed E-state index contributed by atoms with van der Waals surface area (Å²) in [6.07, 6.45) is 6.11. The molecule has 1 N–H and O–H groups in total. The summed E-state index contributed by atoms with van der Waals surface area (Å²) < 4.78 is 5.48. The Morgan fingerprint density at radius 2 is 2.04 bits per heavy atom. The lowest BCUT2D eigenvalue weighted by molar-refractivity contribution is 0.132. The summed E-state index contributed by atoms with van der Waals surface area (Å²) in [7, 11) is 0. The van der Waals surface area contributed by atoms with Gasteiger partial charge in [-0.3, -0.25) is 0 Å². The zero-order valence-electron chi connectivity index (χ0n) is 14.4. The third-order valence-corrected chi connectivity index (χ3v) is 4.98. The Morgan fingerprint density at radius 1 is 1.20 bits per heavy atom. The van der Waals surface area contributed by atoms with E-state index in [2.05, 4.69) is 27.6 Å². The van der Waals surface area contributed by atoms with Crippen LogP contribution in [0.5, 0.6) is 0 Å². The number of hydrogen-bond acceptors (Lipinski definition) is 4. The number of piperidine rings is 1. The predicted octanol–water partition coefficient (Wildman–Crippen LogP) is 3.43. The minimum absolute atomic E-state index is 0.0354. The van der Waals surface area contributed by atoms with Crippen molar-refractivity contribution in [1.29, 1.82) is 0 Å². The van der Waals surface area contributed by atoms with Crippen LogP contribution in [0.25, 0.3) is 0 Å². The molecule has 25 heavy (non-hydrogen) atoms. The van der Waals surface area contributed by atoms with E-state index in [1.54, 1.807) is 0 Å². The van der Waals surface area contributed by atoms with Crippen molar-refractivity contribution in [1.82, 2.24) is 20.4 Å². The first-order valence-electron chi connectivity index (χ1n) is 9.23. The van der Waals surface area contributed by atoms with Gasteiger partial charge in [-0.15, -0.1) is 0 Å². The molecule has 1 atom stereocenters. The summed E-state index contributed by atoms with van der Waals surface area (Å²) in [6.45, 7) is 1.37. The minimum atomic E-state index is -0.0922. The number of likely N-dealkylation sites (tertiary alicyclic amines) is 1. The van der Waals surface area contributed by atoms with Crippen molar-refractivity contribution in [2.45, 2.75) is 50.5 Å². The van der Waals surface area contributed by atoms with Crippen LogP contribution in [0.15, 0.2) is 34.9 Å². The molecule has 0 unspecified atom stereocenters. The summed E-state index contributed by atoms with van der Waals surface area (Å²) in [6, 6.07) is 10.1. The molecule has 4 rings (SSSR count). The molecule has 2 heterocycles. The SMILES string of the molecule is O=C(NCCc1ccccc1)N1CCCC[C@@H]1c1nc(C2CC2)no1. The molecule has 1 aliphatic heterocycles. The van der Waals surface area contributed by atoms with Gasteiger partial charge < -0.3 is 14.7 Å². The Hall–Kier alpha value is -2.37. The third kappa shape index (κ3) is 3.83. The van der Waals surface area contributed by atoms with Crippen molar-refractivity contribution in [2.24, 2.45) is 0 Å². The van der Waals surface area contributed by atoms with E-state index >= 15 is 0 Å². The highest BCUT2D eigenvalue weighted by Gasteiger charge is 2.34. The molecule has 0 radical (unpaired) electrons. The van der Waals surface area contributed by atoms with Gasteiger partial charge in [-0.25, -0.2) is 4.79 Å². The van der Waals surface area contributed by atoms with Gasteiger partial charge in [0, 0.05) is 19.0 Å². The molecule has 1 saturated heterocycles. The monoisotopic (exact) mass is 340 g/mol. The van der Waals surface area contributed by atoms with Gasteiger partial charge in [-0.05, 0) is 44.1 Å². The summed E-state index contributed by atoms with van der Waals surface area (Å²) in [5.41, 5.74) is 1.23. The van der Waals surface area contributed by atoms with E-state index in [1.165, 1.54) is 5.56 Å². The Balaban J connectivity index is 1.36. The Labute approximate surface area is 147 Å². The molecule has 2 amide bonds. The summed E-state index contributed by atoms with van der Waals surface area (Å²) in [5, 5.41) is 7.14. The van der Waals surface area contributed by atoms with Gasteiger partial charge in [0.15, 0.2) is 5.82 Å². The summed E-state index contributed by atoms with van der Waals surface area (Å²) in [5.74, 6) is 1.87. The highest BCUT2D eigenvalue weighted by molar-refractivity contribution is 5.74. The van der Waals surface area contributed by atoms with Gasteiger partial charge in [-0.2, -0.15) is 4.98 Å². The first kappa shape index (κ1) is 16.1. The van der Waals surface area contributed by atoms with Crippen molar-refractivity contribution >= 4 is 6.03 Å². The van der Waals surface area contributed by atoms with Gasteiger partial charge >= 0.3 is 6.03 Å². The van der Waals surface area contributed by atoms with Crippen LogP contribution < -0.4 is 5.32 Å². The van der Waals surface area contributed by atoms with Crippen LogP contribution in [-0.4, -0.2) is 34.2 Å². The summed E-state index contributed by atoms with van der Waals surface area (Å²) >= 11 is 0. The molecule has 6 nitrogen and oxygen atoms in total. The van der Waals surface area contributed by atoms with Crippen LogP contribution in [-0.2, 0) is 6.42 Å². The first-order chi connectivity index (χ1) is 12.3. The number of carbonyl (C=O) groups is 1. The quantitative estimate of drug-likeness (QED) is 0.905. The van der Waals surface area contributed by atoms with E-state index in [0.29, 0.717) is 18.4 Å². The average molecular weight is 340 g/mol. The Bertz CT molecular complexity index is 711. The fourth-order valence-corrected chi connectivity index (χ4v) is 3.38. The standard InChI is InChI=1S/C19H24N4O2/c24-19(20-12-11-14-6-2-1-3-7-14)23-13-5-4-8-16(23)18-21-17(22-25-18)15-9-10-15/h1-3,6-7,15-16H,4-5,8-13H2,(H,20,24)/t16-/m1/s1. The highest BCUT2D eigenvalue weighted by Crippen LogP contribution is 2.39. The number of benzene rings is 1. The van der Waals surface area contributed by atoms with E-state index in [9.17, 15) is 4.79 Å². The molecule has 2 fully saturated rings. The van der Waals surface area contributed by atoms with Crippen LogP contribution in [0.1, 0.15) is 61.3 Å². The highest BCUT2D eigenvalue weighted by atomic mass is 16.5. The van der Waals surface area contributed by atoms with Crippen LogP contribution in [0, 0.1) is 0 Å². The van der Waals surface area contributed by atoms with E-state index in [4.69, 9.17) is 4.52 Å². The molecule has 1 aliphatic carbocycles. The van der Waals surface area contributed by atoms with Crippen molar-refractivity contribution in [2.75, 3.05) is 13.1 Å². The zero-order valence-corrected chi connectivity index (χ0v) is 14.4. The topological polar surface area (TPSA) is 71.3 Å². The van der Waals surface area contributed by atoms with Crippen LogP contribution in [0.3, 0.4) is 0 Å². The molecule has 1 aromatic heterocycles. The number of rotatable bonds is 5. The second-order valence-electron chi connectivity index (χ2n) is 6.94. The number of urea groups is 1. The van der Waals surface area contributed by atoms with Gasteiger partial charge in [0.2, 0.25) is 5.89 Å². The molecule has 2 aromatic rings. The number of amides is 2. The van der Waals surface area contributed by atoms with Crippen molar-refractivity contribution in [3.8, 4) is 0 Å². The van der Waals surface area contributed by atoms with Crippen molar-refractivity contribution in [3.05, 3.63) is 47.6 Å². The molecule has 1 saturated carbocycles. The van der Waals surface area contributed by atoms with Crippen LogP contribution >= 0.6 is 0 Å². The number of nitrogens with one attached hydrogen (secondary N) is 1. The number of aromatic nitrogens is 2. The number of hydrogen-bond donors (Lipinski definition) is 1. The summed E-state index contributed by atoms with van der Waals surface area (Å²) in [4.78, 5) is 19.1. The zero-order chi connectivity index (χ0) is 17.1. The van der Waals surface area contributed by atoms with Gasteiger partial charge in [-0.1, -0.05) is 35.5 Å². The first-order valence-corrected chi connectivity index (χ1v) is 9.23. The van der Waals surface area contributed by atoms with Gasteiger partial charge in [0.1, 0.15) is 6.04 Å². The van der Waals surface area contributed by atoms with Gasteiger partial charge in [0.05, 0.1) is 0 Å². The largest absolute Gasteiger partial charge is 0.338 e. The average Bonchev–Trinajstić information content (AvgIpc) is 3.39. The van der Waals surface area contributed by atoms with Gasteiger partial charge in [0.25, 0.3) is 0 Å². The normalized spacial score (nSPS) is 20.5. The van der Waals surface area contributed by atoms with Crippen molar-refractivity contribution in [3.63, 3.8) is 0 Å². The van der Waals surface area contributed by atoms with E-state index in [-0.39, 0.29) is 12.1 Å². The van der Waals surface area contributed by atoms with Crippen molar-refractivity contribution < 1.29 is 9.32 Å². The van der Waals surface area contributed by atoms with E-state index in [0.717, 1.165) is 50.9 Å². The van der Waals surface area contributed by atoms with Crippen LogP contribution in [0.4, 0.5) is 4.79 Å².